The molecule has 4 atom stereocenters. The van der Waals surface area contributed by atoms with Crippen LogP contribution in [0.5, 0.6) is 0 Å². The molecule has 4 nitrogen and oxygen atoms in total. The summed E-state index contributed by atoms with van der Waals surface area (Å²) in [6.07, 6.45) is 22.5. The number of unbranched alkanes of at least 4 members (excludes halogenated alkanes) is 14. The molecule has 1 fully saturated rings. The number of rotatable bonds is 21. The second kappa shape index (κ2) is 21.1. The van der Waals surface area contributed by atoms with Gasteiger partial charge in [-0.3, -0.25) is 9.59 Å². The second-order valence-electron chi connectivity index (χ2n) is 11.1. The van der Waals surface area contributed by atoms with Gasteiger partial charge in [-0.2, -0.15) is 0 Å². The highest BCUT2D eigenvalue weighted by atomic mass is 16.5. The summed E-state index contributed by atoms with van der Waals surface area (Å²) in [6.45, 7) is 9.68. The van der Waals surface area contributed by atoms with Gasteiger partial charge in [0.25, 0.3) is 0 Å². The predicted octanol–water partition coefficient (Wildman–Crippen LogP) is 9.04. The molecule has 1 aliphatic carbocycles. The highest BCUT2D eigenvalue weighted by molar-refractivity contribution is 5.83. The lowest BCUT2D eigenvalue weighted by Crippen LogP contribution is -2.44. The number of hydrogen-bond acceptors (Lipinski definition) is 4. The van der Waals surface area contributed by atoms with Crippen LogP contribution in [0.15, 0.2) is 0 Å². The van der Waals surface area contributed by atoms with Crippen molar-refractivity contribution < 1.29 is 19.1 Å². The fourth-order valence-electron chi connectivity index (χ4n) is 5.67. The van der Waals surface area contributed by atoms with Crippen LogP contribution in [0.4, 0.5) is 0 Å². The maximum atomic E-state index is 13.1. The Kier molecular flexibility index (Phi) is 19.2. The van der Waals surface area contributed by atoms with Crippen molar-refractivity contribution in [2.75, 3.05) is 13.2 Å². The second-order valence-corrected chi connectivity index (χ2v) is 11.1. The third-order valence-corrected chi connectivity index (χ3v) is 8.05. The molecule has 4 heteroatoms. The van der Waals surface area contributed by atoms with E-state index in [0.29, 0.717) is 13.2 Å². The molecule has 0 aromatic rings. The standard InChI is InChI=1S/C31H58O4/c1-5-8-10-12-14-16-18-20-24-34-30(32)28-26(4)22-23-27(7-3)29(28)31(33)35-25-21-19-17-15-13-11-9-6-2/h26-29H,5-25H2,1-4H3. The van der Waals surface area contributed by atoms with Crippen molar-refractivity contribution in [3.05, 3.63) is 0 Å². The van der Waals surface area contributed by atoms with E-state index >= 15 is 0 Å². The molecule has 0 bridgehead atoms. The lowest BCUT2D eigenvalue weighted by atomic mass is 9.66. The number of carbonyl (C=O) groups excluding carboxylic acids is 2. The minimum absolute atomic E-state index is 0.166. The van der Waals surface area contributed by atoms with Gasteiger partial charge in [0.1, 0.15) is 0 Å². The average molecular weight is 495 g/mol. The van der Waals surface area contributed by atoms with E-state index in [1.54, 1.807) is 0 Å². The van der Waals surface area contributed by atoms with Crippen LogP contribution in [0.2, 0.25) is 0 Å². The van der Waals surface area contributed by atoms with Gasteiger partial charge in [-0.15, -0.1) is 0 Å². The summed E-state index contributed by atoms with van der Waals surface area (Å²) in [7, 11) is 0. The zero-order valence-corrected chi connectivity index (χ0v) is 23.8. The highest BCUT2D eigenvalue weighted by Gasteiger charge is 2.46. The number of ether oxygens (including phenoxy) is 2. The maximum Gasteiger partial charge on any atom is 0.310 e. The SMILES string of the molecule is CCCCCCCCCCOC(=O)C1C(C)CCC(CC)C1C(=O)OCCCCCCCCCC. The van der Waals surface area contributed by atoms with Crippen LogP contribution >= 0.6 is 0 Å². The molecule has 1 aliphatic rings. The zero-order chi connectivity index (χ0) is 25.7. The van der Waals surface area contributed by atoms with Crippen molar-refractivity contribution >= 4 is 11.9 Å². The van der Waals surface area contributed by atoms with Gasteiger partial charge in [0.05, 0.1) is 25.0 Å². The van der Waals surface area contributed by atoms with Crippen molar-refractivity contribution in [2.24, 2.45) is 23.7 Å². The Hall–Kier alpha value is -1.06. The molecule has 0 N–H and O–H groups in total. The third kappa shape index (κ3) is 13.7. The van der Waals surface area contributed by atoms with Crippen molar-refractivity contribution in [2.45, 2.75) is 150 Å². The first-order chi connectivity index (χ1) is 17.1. The van der Waals surface area contributed by atoms with Gasteiger partial charge in [0.15, 0.2) is 0 Å². The number of carbonyl (C=O) groups is 2. The molecule has 1 rings (SSSR count). The molecule has 0 aromatic carbocycles. The van der Waals surface area contributed by atoms with Crippen LogP contribution in [-0.4, -0.2) is 25.2 Å². The zero-order valence-electron chi connectivity index (χ0n) is 23.8. The van der Waals surface area contributed by atoms with Gasteiger partial charge in [0.2, 0.25) is 0 Å². The summed E-state index contributed by atoms with van der Waals surface area (Å²) in [6, 6.07) is 0. The van der Waals surface area contributed by atoms with Crippen LogP contribution < -0.4 is 0 Å². The molecular weight excluding hydrogens is 436 g/mol. The number of hydrogen-bond donors (Lipinski definition) is 0. The molecule has 0 aliphatic heterocycles. The van der Waals surface area contributed by atoms with Gasteiger partial charge < -0.3 is 9.47 Å². The van der Waals surface area contributed by atoms with Crippen molar-refractivity contribution in [3.8, 4) is 0 Å². The highest BCUT2D eigenvalue weighted by Crippen LogP contribution is 2.41. The largest absolute Gasteiger partial charge is 0.465 e. The molecule has 0 heterocycles. The molecule has 0 radical (unpaired) electrons. The summed E-state index contributed by atoms with van der Waals surface area (Å²) in [5, 5.41) is 0. The van der Waals surface area contributed by atoms with Crippen LogP contribution in [0.1, 0.15) is 150 Å². The quantitative estimate of drug-likeness (QED) is 0.118. The van der Waals surface area contributed by atoms with Crippen molar-refractivity contribution in [1.82, 2.24) is 0 Å². The van der Waals surface area contributed by atoms with E-state index in [0.717, 1.165) is 44.9 Å². The Balaban J connectivity index is 2.40. The molecule has 0 aromatic heterocycles. The van der Waals surface area contributed by atoms with Gasteiger partial charge in [-0.1, -0.05) is 124 Å². The molecular formula is C31H58O4. The van der Waals surface area contributed by atoms with Crippen LogP contribution in [0.3, 0.4) is 0 Å². The summed E-state index contributed by atoms with van der Waals surface area (Å²) in [5.74, 6) is -0.645. The normalized spacial score (nSPS) is 22.2. The van der Waals surface area contributed by atoms with Gasteiger partial charge in [-0.25, -0.2) is 0 Å². The molecule has 35 heavy (non-hydrogen) atoms. The van der Waals surface area contributed by atoms with Crippen LogP contribution in [-0.2, 0) is 19.1 Å². The fraction of sp³-hybridized carbons (Fsp3) is 0.935. The van der Waals surface area contributed by atoms with Gasteiger partial charge in [0, 0.05) is 0 Å². The van der Waals surface area contributed by atoms with Crippen molar-refractivity contribution in [3.63, 3.8) is 0 Å². The molecule has 206 valence electrons. The van der Waals surface area contributed by atoms with E-state index in [-0.39, 0.29) is 35.6 Å². The third-order valence-electron chi connectivity index (χ3n) is 8.05. The fourth-order valence-corrected chi connectivity index (χ4v) is 5.67. The first kappa shape index (κ1) is 32.0. The summed E-state index contributed by atoms with van der Waals surface area (Å²) < 4.78 is 11.5. The summed E-state index contributed by atoms with van der Waals surface area (Å²) >= 11 is 0. The van der Waals surface area contributed by atoms with Gasteiger partial charge in [-0.05, 0) is 37.5 Å². The molecule has 1 saturated carbocycles. The first-order valence-corrected chi connectivity index (χ1v) is 15.4. The van der Waals surface area contributed by atoms with E-state index in [1.165, 1.54) is 77.0 Å². The lowest BCUT2D eigenvalue weighted by Gasteiger charge is -2.38. The predicted molar refractivity (Wildman–Crippen MR) is 146 cm³/mol. The molecule has 0 saturated heterocycles. The van der Waals surface area contributed by atoms with Crippen LogP contribution in [0.25, 0.3) is 0 Å². The minimum Gasteiger partial charge on any atom is -0.465 e. The summed E-state index contributed by atoms with van der Waals surface area (Å²) in [4.78, 5) is 26.2. The van der Waals surface area contributed by atoms with E-state index in [2.05, 4.69) is 27.7 Å². The van der Waals surface area contributed by atoms with E-state index < -0.39 is 0 Å². The van der Waals surface area contributed by atoms with Crippen molar-refractivity contribution in [1.29, 1.82) is 0 Å². The Morgan fingerprint density at radius 1 is 0.571 bits per heavy atom. The maximum absolute atomic E-state index is 13.1. The van der Waals surface area contributed by atoms with E-state index in [1.807, 2.05) is 0 Å². The topological polar surface area (TPSA) is 52.6 Å². The smallest absolute Gasteiger partial charge is 0.310 e. The number of esters is 2. The average Bonchev–Trinajstić information content (AvgIpc) is 2.86. The Labute approximate surface area is 217 Å². The van der Waals surface area contributed by atoms with Gasteiger partial charge >= 0.3 is 11.9 Å². The van der Waals surface area contributed by atoms with E-state index in [9.17, 15) is 9.59 Å². The molecule has 0 spiro atoms. The Morgan fingerprint density at radius 3 is 1.40 bits per heavy atom. The Bertz CT molecular complexity index is 532. The summed E-state index contributed by atoms with van der Waals surface area (Å²) in [5.41, 5.74) is 0. The molecule has 4 unspecified atom stereocenters. The van der Waals surface area contributed by atoms with E-state index in [4.69, 9.17) is 9.47 Å². The lowest BCUT2D eigenvalue weighted by molar-refractivity contribution is -0.168. The molecule has 0 amide bonds. The Morgan fingerprint density at radius 2 is 0.971 bits per heavy atom. The first-order valence-electron chi connectivity index (χ1n) is 15.4. The van der Waals surface area contributed by atoms with Crippen LogP contribution in [0, 0.1) is 23.7 Å². The monoisotopic (exact) mass is 494 g/mol. The minimum atomic E-state index is -0.353.